The Morgan fingerprint density at radius 2 is 2.21 bits per heavy atom. The summed E-state index contributed by atoms with van der Waals surface area (Å²) in [6, 6.07) is 3.88. The summed E-state index contributed by atoms with van der Waals surface area (Å²) >= 11 is 0. The zero-order valence-electron chi connectivity index (χ0n) is 14.9. The van der Waals surface area contributed by atoms with Gasteiger partial charge in [-0.2, -0.15) is 0 Å². The number of hydrogen-bond donors (Lipinski definition) is 2. The summed E-state index contributed by atoms with van der Waals surface area (Å²) in [6.45, 7) is 8.44. The molecule has 0 aromatic carbocycles. The standard InChI is InChI=1S/C18H30N4O2/c1-15(2)14-21-18(20-10-8-16-6-4-13-24-16)19-9-5-12-22-11-3-7-17(22)23/h4,6,13,15H,3,5,7-12,14H2,1-2H3,(H2,19,20,21). The number of carbonyl (C=O) groups is 1. The van der Waals surface area contributed by atoms with Gasteiger partial charge < -0.3 is 20.0 Å². The number of hydrogen-bond acceptors (Lipinski definition) is 3. The van der Waals surface area contributed by atoms with Gasteiger partial charge in [0.15, 0.2) is 5.96 Å². The van der Waals surface area contributed by atoms with Crippen molar-refractivity contribution in [1.82, 2.24) is 15.5 Å². The molecule has 134 valence electrons. The van der Waals surface area contributed by atoms with Gasteiger partial charge in [-0.05, 0) is 30.9 Å². The van der Waals surface area contributed by atoms with Crippen LogP contribution in [0.15, 0.2) is 27.8 Å². The Balaban J connectivity index is 1.69. The highest BCUT2D eigenvalue weighted by atomic mass is 16.3. The second-order valence-electron chi connectivity index (χ2n) is 6.60. The third-order valence-corrected chi connectivity index (χ3v) is 3.93. The van der Waals surface area contributed by atoms with Crippen LogP contribution in [-0.4, -0.2) is 49.5 Å². The van der Waals surface area contributed by atoms with Crippen molar-refractivity contribution in [2.75, 3.05) is 32.7 Å². The number of amides is 1. The molecular formula is C18H30N4O2. The van der Waals surface area contributed by atoms with Gasteiger partial charge in [-0.25, -0.2) is 0 Å². The molecule has 2 N–H and O–H groups in total. The first kappa shape index (κ1) is 18.4. The monoisotopic (exact) mass is 334 g/mol. The highest BCUT2D eigenvalue weighted by Crippen LogP contribution is 2.09. The number of carbonyl (C=O) groups excluding carboxylic acids is 1. The Morgan fingerprint density at radius 3 is 2.88 bits per heavy atom. The van der Waals surface area contributed by atoms with E-state index in [1.165, 1.54) is 0 Å². The van der Waals surface area contributed by atoms with Gasteiger partial charge in [0.2, 0.25) is 5.91 Å². The predicted octanol–water partition coefficient (Wildman–Crippen LogP) is 2.03. The molecule has 0 bridgehead atoms. The number of aliphatic imine (C=N–C) groups is 1. The van der Waals surface area contributed by atoms with Crippen LogP contribution in [0.2, 0.25) is 0 Å². The zero-order valence-corrected chi connectivity index (χ0v) is 14.9. The molecule has 6 nitrogen and oxygen atoms in total. The van der Waals surface area contributed by atoms with Gasteiger partial charge in [0.1, 0.15) is 5.76 Å². The summed E-state index contributed by atoms with van der Waals surface area (Å²) in [5.41, 5.74) is 0. The van der Waals surface area contributed by atoms with Gasteiger partial charge in [-0.15, -0.1) is 0 Å². The molecule has 0 spiro atoms. The van der Waals surface area contributed by atoms with E-state index in [1.54, 1.807) is 6.26 Å². The molecule has 0 radical (unpaired) electrons. The molecule has 1 aromatic rings. The molecule has 24 heavy (non-hydrogen) atoms. The molecule has 1 aliphatic rings. The maximum atomic E-state index is 11.6. The fourth-order valence-corrected chi connectivity index (χ4v) is 2.62. The van der Waals surface area contributed by atoms with Crippen molar-refractivity contribution in [2.45, 2.75) is 39.5 Å². The third kappa shape index (κ3) is 6.64. The van der Waals surface area contributed by atoms with E-state index in [0.29, 0.717) is 18.2 Å². The Bertz CT molecular complexity index is 511. The highest BCUT2D eigenvalue weighted by molar-refractivity contribution is 5.80. The summed E-state index contributed by atoms with van der Waals surface area (Å²) in [5.74, 6) is 2.62. The van der Waals surface area contributed by atoms with Crippen molar-refractivity contribution in [3.8, 4) is 0 Å². The minimum atomic E-state index is 0.292. The van der Waals surface area contributed by atoms with Crippen LogP contribution in [0.5, 0.6) is 0 Å². The fourth-order valence-electron chi connectivity index (χ4n) is 2.62. The maximum absolute atomic E-state index is 11.6. The van der Waals surface area contributed by atoms with E-state index >= 15 is 0 Å². The molecule has 0 atom stereocenters. The fraction of sp³-hybridized carbons (Fsp3) is 0.667. The first-order valence-electron chi connectivity index (χ1n) is 8.97. The average molecular weight is 334 g/mol. The van der Waals surface area contributed by atoms with Gasteiger partial charge >= 0.3 is 0 Å². The Kier molecular flexibility index (Phi) is 7.65. The van der Waals surface area contributed by atoms with Crippen molar-refractivity contribution >= 4 is 11.9 Å². The molecule has 6 heteroatoms. The lowest BCUT2D eigenvalue weighted by Crippen LogP contribution is -2.40. The molecule has 0 aliphatic carbocycles. The second-order valence-corrected chi connectivity index (χ2v) is 6.60. The Hall–Kier alpha value is -1.98. The molecule has 1 fully saturated rings. The van der Waals surface area contributed by atoms with Crippen molar-refractivity contribution in [3.05, 3.63) is 24.2 Å². The number of furan rings is 1. The van der Waals surface area contributed by atoms with E-state index in [1.807, 2.05) is 17.0 Å². The maximum Gasteiger partial charge on any atom is 0.222 e. The summed E-state index contributed by atoms with van der Waals surface area (Å²) in [6.07, 6.45) is 5.18. The molecule has 1 saturated heterocycles. The van der Waals surface area contributed by atoms with Crippen LogP contribution in [0, 0.1) is 5.92 Å². The van der Waals surface area contributed by atoms with E-state index in [0.717, 1.165) is 63.7 Å². The summed E-state index contributed by atoms with van der Waals surface area (Å²) in [7, 11) is 0. The Labute approximate surface area is 144 Å². The van der Waals surface area contributed by atoms with Gasteiger partial charge in [-0.3, -0.25) is 9.79 Å². The van der Waals surface area contributed by atoms with E-state index < -0.39 is 0 Å². The quantitative estimate of drug-likeness (QED) is 0.412. The van der Waals surface area contributed by atoms with E-state index in [-0.39, 0.29) is 0 Å². The normalized spacial score (nSPS) is 15.4. The number of likely N-dealkylation sites (tertiary alicyclic amines) is 1. The van der Waals surface area contributed by atoms with Gasteiger partial charge in [-0.1, -0.05) is 13.8 Å². The van der Waals surface area contributed by atoms with Crippen LogP contribution >= 0.6 is 0 Å². The predicted molar refractivity (Wildman–Crippen MR) is 96.0 cm³/mol. The average Bonchev–Trinajstić information content (AvgIpc) is 3.20. The highest BCUT2D eigenvalue weighted by Gasteiger charge is 2.18. The SMILES string of the molecule is CC(C)CN=C(NCCCN1CCCC1=O)NCCc1ccco1. The molecule has 0 saturated carbocycles. The zero-order chi connectivity index (χ0) is 17.2. The van der Waals surface area contributed by atoms with E-state index in [2.05, 4.69) is 29.5 Å². The van der Waals surface area contributed by atoms with Crippen LogP contribution in [0.1, 0.15) is 38.9 Å². The van der Waals surface area contributed by atoms with Crippen molar-refractivity contribution in [2.24, 2.45) is 10.9 Å². The van der Waals surface area contributed by atoms with Crippen molar-refractivity contribution in [1.29, 1.82) is 0 Å². The van der Waals surface area contributed by atoms with Crippen LogP contribution in [0.4, 0.5) is 0 Å². The number of rotatable bonds is 9. The van der Waals surface area contributed by atoms with Crippen LogP contribution in [0.3, 0.4) is 0 Å². The topological polar surface area (TPSA) is 69.9 Å². The second kappa shape index (κ2) is 10.0. The summed E-state index contributed by atoms with van der Waals surface area (Å²) in [5, 5.41) is 6.71. The smallest absolute Gasteiger partial charge is 0.222 e. The number of nitrogens with one attached hydrogen (secondary N) is 2. The van der Waals surface area contributed by atoms with Crippen LogP contribution in [0.25, 0.3) is 0 Å². The molecule has 1 amide bonds. The van der Waals surface area contributed by atoms with Crippen LogP contribution < -0.4 is 10.6 Å². The lowest BCUT2D eigenvalue weighted by Gasteiger charge is -2.17. The summed E-state index contributed by atoms with van der Waals surface area (Å²) in [4.78, 5) is 18.2. The third-order valence-electron chi connectivity index (χ3n) is 3.93. The molecule has 2 rings (SSSR count). The largest absolute Gasteiger partial charge is 0.469 e. The van der Waals surface area contributed by atoms with Crippen molar-refractivity contribution in [3.63, 3.8) is 0 Å². The first-order valence-corrected chi connectivity index (χ1v) is 8.97. The lowest BCUT2D eigenvalue weighted by atomic mass is 10.2. The van der Waals surface area contributed by atoms with Gasteiger partial charge in [0.25, 0.3) is 0 Å². The van der Waals surface area contributed by atoms with E-state index in [4.69, 9.17) is 4.42 Å². The summed E-state index contributed by atoms with van der Waals surface area (Å²) < 4.78 is 5.34. The number of nitrogens with zero attached hydrogens (tertiary/aromatic N) is 2. The molecule has 2 heterocycles. The number of guanidine groups is 1. The Morgan fingerprint density at radius 1 is 1.38 bits per heavy atom. The molecular weight excluding hydrogens is 304 g/mol. The lowest BCUT2D eigenvalue weighted by molar-refractivity contribution is -0.127. The first-order chi connectivity index (χ1) is 11.6. The minimum absolute atomic E-state index is 0.292. The van der Waals surface area contributed by atoms with Crippen LogP contribution in [-0.2, 0) is 11.2 Å². The minimum Gasteiger partial charge on any atom is -0.469 e. The van der Waals surface area contributed by atoms with Gasteiger partial charge in [0, 0.05) is 45.6 Å². The van der Waals surface area contributed by atoms with E-state index in [9.17, 15) is 4.79 Å². The molecule has 1 aliphatic heterocycles. The molecule has 0 unspecified atom stereocenters. The van der Waals surface area contributed by atoms with Gasteiger partial charge in [0.05, 0.1) is 6.26 Å². The van der Waals surface area contributed by atoms with Crippen molar-refractivity contribution < 1.29 is 9.21 Å². The molecule has 1 aromatic heterocycles.